The van der Waals surface area contributed by atoms with Crippen molar-refractivity contribution < 1.29 is 14.9 Å². The van der Waals surface area contributed by atoms with E-state index >= 15 is 0 Å². The van der Waals surface area contributed by atoms with Gasteiger partial charge in [0.15, 0.2) is 11.5 Å². The Kier molecular flexibility index (Phi) is 2.75. The number of aryl methyl sites for hydroxylation is 1. The minimum absolute atomic E-state index is 0.144. The Hall–Kier alpha value is -2.69. The van der Waals surface area contributed by atoms with Crippen LogP contribution in [0.5, 0.6) is 17.2 Å². The van der Waals surface area contributed by atoms with Gasteiger partial charge in [0.25, 0.3) is 0 Å². The third-order valence-electron chi connectivity index (χ3n) is 3.32. The van der Waals surface area contributed by atoms with Gasteiger partial charge in [-0.25, -0.2) is 4.98 Å². The van der Waals surface area contributed by atoms with Crippen molar-refractivity contribution in [2.24, 2.45) is 7.05 Å². The summed E-state index contributed by atoms with van der Waals surface area (Å²) >= 11 is 0. The number of benzene rings is 2. The molecule has 0 saturated heterocycles. The molecule has 3 aromatic rings. The molecule has 5 heteroatoms. The van der Waals surface area contributed by atoms with Crippen LogP contribution in [0.15, 0.2) is 36.4 Å². The predicted octanol–water partition coefficient (Wildman–Crippen LogP) is 2.66. The first-order chi connectivity index (χ1) is 9.60. The zero-order valence-corrected chi connectivity index (χ0v) is 11.2. The fourth-order valence-electron chi connectivity index (χ4n) is 2.23. The smallest absolute Gasteiger partial charge is 0.158 e. The summed E-state index contributed by atoms with van der Waals surface area (Å²) < 4.78 is 7.12. The number of fused-ring (bicyclic) bond motifs is 1. The first-order valence-electron chi connectivity index (χ1n) is 6.13. The van der Waals surface area contributed by atoms with E-state index in [2.05, 4.69) is 4.98 Å². The van der Waals surface area contributed by atoms with Crippen LogP contribution in [0.3, 0.4) is 0 Å². The maximum Gasteiger partial charge on any atom is 0.158 e. The molecule has 102 valence electrons. The van der Waals surface area contributed by atoms with Crippen LogP contribution in [-0.4, -0.2) is 26.9 Å². The van der Waals surface area contributed by atoms with E-state index in [9.17, 15) is 10.2 Å². The van der Waals surface area contributed by atoms with Gasteiger partial charge in [-0.05, 0) is 30.3 Å². The molecule has 0 atom stereocenters. The minimum atomic E-state index is -0.160. The second-order valence-corrected chi connectivity index (χ2v) is 4.55. The number of aromatic hydroxyl groups is 2. The molecule has 0 radical (unpaired) electrons. The third kappa shape index (κ3) is 1.84. The Morgan fingerprint density at radius 2 is 1.85 bits per heavy atom. The molecule has 0 aliphatic heterocycles. The average molecular weight is 270 g/mol. The van der Waals surface area contributed by atoms with Crippen LogP contribution in [0.1, 0.15) is 0 Å². The minimum Gasteiger partial charge on any atom is -0.504 e. The van der Waals surface area contributed by atoms with Crippen molar-refractivity contribution in [3.8, 4) is 28.6 Å². The van der Waals surface area contributed by atoms with Gasteiger partial charge >= 0.3 is 0 Å². The highest BCUT2D eigenvalue weighted by Crippen LogP contribution is 2.32. The molecule has 0 aliphatic rings. The van der Waals surface area contributed by atoms with E-state index in [1.54, 1.807) is 13.2 Å². The summed E-state index contributed by atoms with van der Waals surface area (Å²) in [5.41, 5.74) is 2.51. The van der Waals surface area contributed by atoms with Gasteiger partial charge in [0.2, 0.25) is 0 Å². The Labute approximate surface area is 115 Å². The molecule has 0 aliphatic carbocycles. The van der Waals surface area contributed by atoms with E-state index in [1.807, 2.05) is 29.8 Å². The lowest BCUT2D eigenvalue weighted by molar-refractivity contribution is 0.404. The zero-order chi connectivity index (χ0) is 14.3. The number of rotatable bonds is 2. The number of imidazole rings is 1. The summed E-state index contributed by atoms with van der Waals surface area (Å²) in [6, 6.07) is 10.3. The number of hydrogen-bond acceptors (Lipinski definition) is 4. The van der Waals surface area contributed by atoms with Crippen molar-refractivity contribution in [3.05, 3.63) is 36.4 Å². The highest BCUT2D eigenvalue weighted by molar-refractivity contribution is 5.82. The lowest BCUT2D eigenvalue weighted by Gasteiger charge is -2.04. The molecule has 0 spiro atoms. The van der Waals surface area contributed by atoms with E-state index in [4.69, 9.17) is 4.74 Å². The zero-order valence-electron chi connectivity index (χ0n) is 11.2. The summed E-state index contributed by atoms with van der Waals surface area (Å²) in [6.45, 7) is 0. The summed E-state index contributed by atoms with van der Waals surface area (Å²) in [6.07, 6.45) is 0. The van der Waals surface area contributed by atoms with Crippen LogP contribution in [0.2, 0.25) is 0 Å². The molecule has 1 heterocycles. The summed E-state index contributed by atoms with van der Waals surface area (Å²) in [4.78, 5) is 4.55. The quantitative estimate of drug-likeness (QED) is 0.702. The van der Waals surface area contributed by atoms with Gasteiger partial charge < -0.3 is 19.5 Å². The number of hydrogen-bond donors (Lipinski definition) is 2. The van der Waals surface area contributed by atoms with E-state index in [-0.39, 0.29) is 11.5 Å². The van der Waals surface area contributed by atoms with Gasteiger partial charge in [-0.2, -0.15) is 0 Å². The van der Waals surface area contributed by atoms with Crippen molar-refractivity contribution in [3.63, 3.8) is 0 Å². The van der Waals surface area contributed by atoms with E-state index in [1.165, 1.54) is 12.1 Å². The van der Waals surface area contributed by atoms with Crippen LogP contribution in [0.4, 0.5) is 0 Å². The molecule has 0 saturated carbocycles. The molecule has 0 fully saturated rings. The van der Waals surface area contributed by atoms with E-state index in [0.29, 0.717) is 5.82 Å². The first-order valence-corrected chi connectivity index (χ1v) is 6.13. The molecule has 0 bridgehead atoms. The van der Waals surface area contributed by atoms with Gasteiger partial charge in [0.1, 0.15) is 11.6 Å². The second kappa shape index (κ2) is 4.45. The number of nitrogens with zero attached hydrogens (tertiary/aromatic N) is 2. The molecule has 0 amide bonds. The Bertz CT molecular complexity index is 793. The van der Waals surface area contributed by atoms with Gasteiger partial charge in [0, 0.05) is 18.7 Å². The Morgan fingerprint density at radius 1 is 1.05 bits per heavy atom. The van der Waals surface area contributed by atoms with Crippen LogP contribution < -0.4 is 4.74 Å². The summed E-state index contributed by atoms with van der Waals surface area (Å²) in [5.74, 6) is 1.15. The van der Waals surface area contributed by atoms with Crippen molar-refractivity contribution in [1.29, 1.82) is 0 Å². The molecule has 2 N–H and O–H groups in total. The van der Waals surface area contributed by atoms with Crippen molar-refractivity contribution in [1.82, 2.24) is 9.55 Å². The van der Waals surface area contributed by atoms with Gasteiger partial charge in [-0.3, -0.25) is 0 Å². The largest absolute Gasteiger partial charge is 0.504 e. The Morgan fingerprint density at radius 3 is 2.55 bits per heavy atom. The molecule has 5 nitrogen and oxygen atoms in total. The number of methoxy groups -OCH3 is 1. The highest BCUT2D eigenvalue weighted by Gasteiger charge is 2.12. The monoisotopic (exact) mass is 270 g/mol. The summed E-state index contributed by atoms with van der Waals surface area (Å²) in [5, 5.41) is 19.0. The molecular weight excluding hydrogens is 256 g/mol. The van der Waals surface area contributed by atoms with E-state index in [0.717, 1.165) is 22.3 Å². The standard InChI is InChI=1S/C15H14N2O3/c1-17-12-5-4-10(20-2)8-11(12)16-15(17)9-3-6-13(18)14(19)7-9/h3-8,18-19H,1-2H3. The lowest BCUT2D eigenvalue weighted by Crippen LogP contribution is -1.92. The molecule has 2 aromatic carbocycles. The summed E-state index contributed by atoms with van der Waals surface area (Å²) in [7, 11) is 3.52. The van der Waals surface area contributed by atoms with Crippen molar-refractivity contribution in [2.75, 3.05) is 7.11 Å². The third-order valence-corrected chi connectivity index (χ3v) is 3.32. The number of ether oxygens (including phenoxy) is 1. The van der Waals surface area contributed by atoms with E-state index < -0.39 is 0 Å². The first kappa shape index (κ1) is 12.3. The molecule has 3 rings (SSSR count). The number of aromatic nitrogens is 2. The maximum absolute atomic E-state index is 9.60. The van der Waals surface area contributed by atoms with Crippen LogP contribution in [0, 0.1) is 0 Å². The normalized spacial score (nSPS) is 10.9. The van der Waals surface area contributed by atoms with Gasteiger partial charge in [-0.15, -0.1) is 0 Å². The van der Waals surface area contributed by atoms with Gasteiger partial charge in [0.05, 0.1) is 18.1 Å². The fourth-order valence-corrected chi connectivity index (χ4v) is 2.23. The molecule has 20 heavy (non-hydrogen) atoms. The van der Waals surface area contributed by atoms with Crippen LogP contribution in [0.25, 0.3) is 22.4 Å². The molecule has 0 unspecified atom stereocenters. The molecular formula is C15H14N2O3. The predicted molar refractivity (Wildman–Crippen MR) is 76.0 cm³/mol. The Balaban J connectivity index is 2.20. The SMILES string of the molecule is COc1ccc2c(c1)nc(-c1ccc(O)c(O)c1)n2C. The van der Waals surface area contributed by atoms with Crippen LogP contribution >= 0.6 is 0 Å². The lowest BCUT2D eigenvalue weighted by atomic mass is 10.2. The fraction of sp³-hybridized carbons (Fsp3) is 0.133. The molecule has 1 aromatic heterocycles. The second-order valence-electron chi connectivity index (χ2n) is 4.55. The van der Waals surface area contributed by atoms with Crippen molar-refractivity contribution >= 4 is 11.0 Å². The van der Waals surface area contributed by atoms with Crippen LogP contribution in [-0.2, 0) is 7.05 Å². The maximum atomic E-state index is 9.60. The topological polar surface area (TPSA) is 67.5 Å². The number of phenolic OH excluding ortho intramolecular Hbond substituents is 2. The van der Waals surface area contributed by atoms with Crippen molar-refractivity contribution in [2.45, 2.75) is 0 Å². The van der Waals surface area contributed by atoms with Gasteiger partial charge in [-0.1, -0.05) is 0 Å². The number of phenols is 2. The average Bonchev–Trinajstić information content (AvgIpc) is 2.78. The highest BCUT2D eigenvalue weighted by atomic mass is 16.5.